The predicted octanol–water partition coefficient (Wildman–Crippen LogP) is 3.51. The Bertz CT molecular complexity index is 1260. The number of hydrazone groups is 1. The Morgan fingerprint density at radius 3 is 2.69 bits per heavy atom. The molecule has 1 heterocycles. The number of benzene rings is 3. The van der Waals surface area contributed by atoms with Crippen molar-refractivity contribution in [3.8, 4) is 11.5 Å². The van der Waals surface area contributed by atoms with Gasteiger partial charge in [-0.25, -0.2) is 5.43 Å². The highest BCUT2D eigenvalue weighted by Crippen LogP contribution is 2.28. The zero-order valence-electron chi connectivity index (χ0n) is 19.4. The van der Waals surface area contributed by atoms with Crippen LogP contribution in [-0.2, 0) is 4.79 Å². The van der Waals surface area contributed by atoms with E-state index in [1.54, 1.807) is 12.3 Å². The van der Waals surface area contributed by atoms with Crippen molar-refractivity contribution in [1.29, 1.82) is 0 Å². The molecule has 2 amide bonds. The second-order valence-corrected chi connectivity index (χ2v) is 8.80. The number of phenols is 1. The van der Waals surface area contributed by atoms with Crippen LogP contribution in [0.2, 0.25) is 5.02 Å². The summed E-state index contributed by atoms with van der Waals surface area (Å²) < 4.78 is 5.93. The molecule has 0 unspecified atom stereocenters. The molecule has 3 aromatic rings. The van der Waals surface area contributed by atoms with Gasteiger partial charge in [-0.15, -0.1) is 0 Å². The number of hydrogen-bond donors (Lipinski definition) is 2. The maximum absolute atomic E-state index is 12.7. The van der Waals surface area contributed by atoms with Crippen LogP contribution in [0.3, 0.4) is 0 Å². The molecule has 1 aliphatic rings. The lowest BCUT2D eigenvalue weighted by atomic mass is 10.0. The molecule has 0 atom stereocenters. The molecule has 0 saturated carbocycles. The van der Waals surface area contributed by atoms with Crippen LogP contribution in [0.5, 0.6) is 11.5 Å². The van der Waals surface area contributed by atoms with Crippen LogP contribution < -0.4 is 10.2 Å². The van der Waals surface area contributed by atoms with E-state index in [-0.39, 0.29) is 28.8 Å². The maximum atomic E-state index is 12.7. The van der Waals surface area contributed by atoms with Gasteiger partial charge in [0.1, 0.15) is 11.5 Å². The van der Waals surface area contributed by atoms with Crippen molar-refractivity contribution in [1.82, 2.24) is 15.2 Å². The van der Waals surface area contributed by atoms with Gasteiger partial charge in [0, 0.05) is 36.1 Å². The van der Waals surface area contributed by atoms with Gasteiger partial charge in [-0.05, 0) is 55.7 Å². The average Bonchev–Trinajstić information content (AvgIpc) is 3.09. The van der Waals surface area contributed by atoms with Gasteiger partial charge in [0.05, 0.1) is 11.2 Å². The predicted molar refractivity (Wildman–Crippen MR) is 136 cm³/mol. The number of carbonyl (C=O) groups is 2. The molecule has 2 N–H and O–H groups in total. The van der Waals surface area contributed by atoms with E-state index >= 15 is 0 Å². The van der Waals surface area contributed by atoms with Crippen molar-refractivity contribution in [2.75, 3.05) is 39.8 Å². The molecular weight excluding hydrogens is 468 g/mol. The molecule has 0 spiro atoms. The molecule has 0 aromatic heterocycles. The summed E-state index contributed by atoms with van der Waals surface area (Å²) in [7, 11) is 2.07. The van der Waals surface area contributed by atoms with Crippen LogP contribution in [0, 0.1) is 0 Å². The van der Waals surface area contributed by atoms with Gasteiger partial charge in [-0.1, -0.05) is 35.9 Å². The van der Waals surface area contributed by atoms with Crippen LogP contribution in [0.25, 0.3) is 10.8 Å². The first-order chi connectivity index (χ1) is 16.9. The van der Waals surface area contributed by atoms with E-state index in [4.69, 9.17) is 16.3 Å². The molecule has 9 heteroatoms. The summed E-state index contributed by atoms with van der Waals surface area (Å²) in [6.45, 7) is 3.27. The SMILES string of the molecule is CN1CCCN(C(=O)COc2ccc(C=NNC(=O)c3ccc(O)c(Cl)c3)c3ccccc23)CC1. The first kappa shape index (κ1) is 24.5. The molecule has 1 aliphatic heterocycles. The van der Waals surface area contributed by atoms with E-state index in [2.05, 4.69) is 22.5 Å². The first-order valence-electron chi connectivity index (χ1n) is 11.3. The van der Waals surface area contributed by atoms with Crippen molar-refractivity contribution >= 4 is 40.4 Å². The largest absolute Gasteiger partial charge is 0.506 e. The molecule has 4 rings (SSSR count). The normalized spacial score (nSPS) is 14.7. The topological polar surface area (TPSA) is 94.5 Å². The van der Waals surface area contributed by atoms with Gasteiger partial charge in [0.15, 0.2) is 6.61 Å². The molecule has 3 aromatic carbocycles. The van der Waals surface area contributed by atoms with Crippen molar-refractivity contribution < 1.29 is 19.4 Å². The number of ether oxygens (including phenoxy) is 1. The second-order valence-electron chi connectivity index (χ2n) is 8.39. The van der Waals surface area contributed by atoms with E-state index in [1.807, 2.05) is 35.2 Å². The Morgan fingerprint density at radius 2 is 1.89 bits per heavy atom. The van der Waals surface area contributed by atoms with Gasteiger partial charge in [-0.3, -0.25) is 9.59 Å². The van der Waals surface area contributed by atoms with E-state index in [1.165, 1.54) is 18.2 Å². The van der Waals surface area contributed by atoms with E-state index in [9.17, 15) is 14.7 Å². The highest BCUT2D eigenvalue weighted by Gasteiger charge is 2.18. The monoisotopic (exact) mass is 494 g/mol. The average molecular weight is 495 g/mol. The maximum Gasteiger partial charge on any atom is 0.271 e. The summed E-state index contributed by atoms with van der Waals surface area (Å²) in [5.41, 5.74) is 3.52. The highest BCUT2D eigenvalue weighted by molar-refractivity contribution is 6.32. The number of nitrogens with zero attached hydrogens (tertiary/aromatic N) is 3. The number of halogens is 1. The molecule has 0 radical (unpaired) electrons. The van der Waals surface area contributed by atoms with Gasteiger partial charge in [-0.2, -0.15) is 5.10 Å². The number of hydrogen-bond acceptors (Lipinski definition) is 6. The molecule has 1 saturated heterocycles. The number of rotatable bonds is 6. The van der Waals surface area contributed by atoms with Gasteiger partial charge < -0.3 is 19.6 Å². The third kappa shape index (κ3) is 6.09. The van der Waals surface area contributed by atoms with Crippen molar-refractivity contribution in [2.24, 2.45) is 5.10 Å². The molecule has 0 aliphatic carbocycles. The van der Waals surface area contributed by atoms with Crippen molar-refractivity contribution in [3.05, 3.63) is 70.7 Å². The second kappa shape index (κ2) is 11.2. The van der Waals surface area contributed by atoms with Crippen molar-refractivity contribution in [2.45, 2.75) is 6.42 Å². The molecule has 1 fully saturated rings. The standard InChI is InChI=1S/C26H27ClN4O4/c1-30-11-4-12-31(14-13-30)25(33)17-35-24-10-8-19(20-5-2-3-6-21(20)24)16-28-29-26(34)18-7-9-23(32)22(27)15-18/h2-3,5-10,15-16,32H,4,11-14,17H2,1H3,(H,29,34). The van der Waals surface area contributed by atoms with Crippen LogP contribution in [-0.4, -0.2) is 72.8 Å². The van der Waals surface area contributed by atoms with Crippen LogP contribution in [0.1, 0.15) is 22.3 Å². The smallest absolute Gasteiger partial charge is 0.271 e. The summed E-state index contributed by atoms with van der Waals surface area (Å²) >= 11 is 5.86. The molecule has 0 bridgehead atoms. The van der Waals surface area contributed by atoms with Gasteiger partial charge in [0.2, 0.25) is 0 Å². The van der Waals surface area contributed by atoms with Crippen LogP contribution in [0.15, 0.2) is 59.7 Å². The zero-order chi connectivity index (χ0) is 24.8. The van der Waals surface area contributed by atoms with Crippen LogP contribution in [0.4, 0.5) is 0 Å². The third-order valence-electron chi connectivity index (χ3n) is 5.92. The quantitative estimate of drug-likeness (QED) is 0.404. The fourth-order valence-electron chi connectivity index (χ4n) is 3.93. The Hall–Kier alpha value is -3.62. The van der Waals surface area contributed by atoms with E-state index in [0.717, 1.165) is 42.4 Å². The molecule has 8 nitrogen and oxygen atoms in total. The Balaban J connectivity index is 1.44. The highest BCUT2D eigenvalue weighted by atomic mass is 35.5. The number of likely N-dealkylation sites (N-methyl/N-ethyl adjacent to an activating group) is 1. The molecule has 35 heavy (non-hydrogen) atoms. The summed E-state index contributed by atoms with van der Waals surface area (Å²) in [6, 6.07) is 15.5. The zero-order valence-corrected chi connectivity index (χ0v) is 20.2. The minimum absolute atomic E-state index is 0.0212. The van der Waals surface area contributed by atoms with E-state index in [0.29, 0.717) is 12.3 Å². The number of nitrogens with one attached hydrogen (secondary N) is 1. The van der Waals surface area contributed by atoms with Gasteiger partial charge in [0.25, 0.3) is 11.8 Å². The molecular formula is C26H27ClN4O4. The minimum atomic E-state index is -0.453. The van der Waals surface area contributed by atoms with E-state index < -0.39 is 5.91 Å². The fraction of sp³-hybridized carbons (Fsp3) is 0.269. The lowest BCUT2D eigenvalue weighted by Gasteiger charge is -2.21. The summed E-state index contributed by atoms with van der Waals surface area (Å²) in [4.78, 5) is 29.1. The number of amides is 2. The number of phenolic OH excluding ortho intramolecular Hbond substituents is 1. The lowest BCUT2D eigenvalue weighted by molar-refractivity contribution is -0.133. The number of carbonyl (C=O) groups excluding carboxylic acids is 2. The Kier molecular flexibility index (Phi) is 7.84. The Morgan fingerprint density at radius 1 is 1.09 bits per heavy atom. The lowest BCUT2D eigenvalue weighted by Crippen LogP contribution is -2.37. The van der Waals surface area contributed by atoms with Crippen LogP contribution >= 0.6 is 11.6 Å². The minimum Gasteiger partial charge on any atom is -0.506 e. The number of aromatic hydroxyl groups is 1. The Labute approximate surface area is 208 Å². The first-order valence-corrected chi connectivity index (χ1v) is 11.7. The third-order valence-corrected chi connectivity index (χ3v) is 6.22. The van der Waals surface area contributed by atoms with Gasteiger partial charge >= 0.3 is 0 Å². The molecule has 182 valence electrons. The summed E-state index contributed by atoms with van der Waals surface area (Å²) in [6.07, 6.45) is 2.50. The summed E-state index contributed by atoms with van der Waals surface area (Å²) in [5.74, 6) is 0.0414. The number of fused-ring (bicyclic) bond motifs is 1. The fourth-order valence-corrected chi connectivity index (χ4v) is 4.11. The summed E-state index contributed by atoms with van der Waals surface area (Å²) in [5, 5.41) is 15.4. The van der Waals surface area contributed by atoms with Crippen molar-refractivity contribution in [3.63, 3.8) is 0 Å².